The van der Waals surface area contributed by atoms with Crippen molar-refractivity contribution in [3.8, 4) is 0 Å². The molecule has 0 saturated heterocycles. The number of carbonyl (C=O) groups is 1. The van der Waals surface area contributed by atoms with Crippen LogP contribution in [0.5, 0.6) is 0 Å². The molecule has 1 aliphatic heterocycles. The number of carbonyl (C=O) groups excluding carboxylic acids is 1. The summed E-state index contributed by atoms with van der Waals surface area (Å²) in [6, 6.07) is 12.6. The van der Waals surface area contributed by atoms with Crippen LogP contribution in [0, 0.1) is 13.8 Å². The molecule has 3 rings (SSSR count). The molecule has 2 aromatic carbocycles. The molecule has 0 unspecified atom stereocenters. The lowest BCUT2D eigenvalue weighted by molar-refractivity contribution is -0.114. The molecule has 1 aliphatic rings. The highest BCUT2D eigenvalue weighted by atomic mass is 16.1. The molecular formula is C18H20N2O. The molecule has 1 amide bonds. The van der Waals surface area contributed by atoms with Gasteiger partial charge in [-0.25, -0.2) is 0 Å². The van der Waals surface area contributed by atoms with Crippen LogP contribution in [-0.4, -0.2) is 5.91 Å². The van der Waals surface area contributed by atoms with Gasteiger partial charge in [-0.2, -0.15) is 0 Å². The van der Waals surface area contributed by atoms with Gasteiger partial charge in [0.15, 0.2) is 0 Å². The van der Waals surface area contributed by atoms with Crippen LogP contribution < -0.4 is 10.2 Å². The van der Waals surface area contributed by atoms with E-state index in [1.165, 1.54) is 34.9 Å². The molecule has 0 bridgehead atoms. The average molecular weight is 280 g/mol. The Hall–Kier alpha value is -2.29. The maximum Gasteiger partial charge on any atom is 0.221 e. The van der Waals surface area contributed by atoms with Crippen molar-refractivity contribution < 1.29 is 4.79 Å². The van der Waals surface area contributed by atoms with Crippen LogP contribution in [-0.2, 0) is 17.9 Å². The van der Waals surface area contributed by atoms with E-state index in [-0.39, 0.29) is 5.91 Å². The van der Waals surface area contributed by atoms with Crippen molar-refractivity contribution >= 4 is 17.3 Å². The van der Waals surface area contributed by atoms with Gasteiger partial charge in [-0.15, -0.1) is 0 Å². The predicted octanol–water partition coefficient (Wildman–Crippen LogP) is 3.78. The summed E-state index contributed by atoms with van der Waals surface area (Å²) in [5, 5.41) is 2.80. The number of fused-ring (bicyclic) bond motifs is 1. The second-order valence-corrected chi connectivity index (χ2v) is 5.79. The number of amides is 1. The molecule has 1 heterocycles. The fourth-order valence-corrected chi connectivity index (χ4v) is 2.84. The largest absolute Gasteiger partial charge is 0.363 e. The standard InChI is InChI=1S/C18H20N2O/c1-12-8-15-10-20(11-16(15)9-13(12)2)18-6-4-17(5-7-18)19-14(3)21/h4-9H,10-11H2,1-3H3,(H,19,21). The monoisotopic (exact) mass is 280 g/mol. The second-order valence-electron chi connectivity index (χ2n) is 5.79. The Kier molecular flexibility index (Phi) is 3.42. The van der Waals surface area contributed by atoms with Crippen LogP contribution in [0.25, 0.3) is 0 Å². The quantitative estimate of drug-likeness (QED) is 0.908. The van der Waals surface area contributed by atoms with E-state index >= 15 is 0 Å². The molecule has 3 nitrogen and oxygen atoms in total. The van der Waals surface area contributed by atoms with Crippen LogP contribution in [0.15, 0.2) is 36.4 Å². The van der Waals surface area contributed by atoms with E-state index in [0.717, 1.165) is 18.8 Å². The molecule has 108 valence electrons. The normalized spacial score (nSPS) is 13.2. The van der Waals surface area contributed by atoms with Crippen molar-refractivity contribution in [2.45, 2.75) is 33.9 Å². The number of nitrogens with one attached hydrogen (secondary N) is 1. The number of anilines is 2. The van der Waals surface area contributed by atoms with Gasteiger partial charge in [0, 0.05) is 31.4 Å². The zero-order valence-corrected chi connectivity index (χ0v) is 12.7. The van der Waals surface area contributed by atoms with E-state index in [2.05, 4.69) is 48.3 Å². The Balaban J connectivity index is 1.79. The first-order chi connectivity index (χ1) is 10.0. The third-order valence-corrected chi connectivity index (χ3v) is 4.09. The van der Waals surface area contributed by atoms with Crippen LogP contribution in [0.2, 0.25) is 0 Å². The van der Waals surface area contributed by atoms with Crippen molar-refractivity contribution in [1.82, 2.24) is 0 Å². The summed E-state index contributed by atoms with van der Waals surface area (Å²) in [6.07, 6.45) is 0. The highest BCUT2D eigenvalue weighted by Crippen LogP contribution is 2.30. The second kappa shape index (κ2) is 5.24. The van der Waals surface area contributed by atoms with Crippen molar-refractivity contribution in [3.05, 3.63) is 58.7 Å². The molecule has 0 radical (unpaired) electrons. The minimum Gasteiger partial charge on any atom is -0.363 e. The first-order valence-electron chi connectivity index (χ1n) is 7.24. The highest BCUT2D eigenvalue weighted by Gasteiger charge is 2.19. The number of rotatable bonds is 2. The Morgan fingerprint density at radius 3 is 2.00 bits per heavy atom. The van der Waals surface area contributed by atoms with Crippen LogP contribution >= 0.6 is 0 Å². The lowest BCUT2D eigenvalue weighted by Crippen LogP contribution is -2.14. The summed E-state index contributed by atoms with van der Waals surface area (Å²) < 4.78 is 0. The van der Waals surface area contributed by atoms with Gasteiger partial charge >= 0.3 is 0 Å². The molecule has 0 saturated carbocycles. The van der Waals surface area contributed by atoms with Gasteiger partial charge in [0.25, 0.3) is 0 Å². The Morgan fingerprint density at radius 2 is 1.52 bits per heavy atom. The van der Waals surface area contributed by atoms with Gasteiger partial charge < -0.3 is 10.2 Å². The Bertz CT molecular complexity index is 658. The van der Waals surface area contributed by atoms with Crippen molar-refractivity contribution in [1.29, 1.82) is 0 Å². The summed E-state index contributed by atoms with van der Waals surface area (Å²) in [4.78, 5) is 13.4. The van der Waals surface area contributed by atoms with Gasteiger partial charge in [0.05, 0.1) is 0 Å². The highest BCUT2D eigenvalue weighted by molar-refractivity contribution is 5.88. The molecule has 21 heavy (non-hydrogen) atoms. The molecule has 0 fully saturated rings. The number of benzene rings is 2. The first kappa shape index (κ1) is 13.7. The first-order valence-corrected chi connectivity index (χ1v) is 7.24. The lowest BCUT2D eigenvalue weighted by atomic mass is 10.0. The van der Waals surface area contributed by atoms with E-state index in [9.17, 15) is 4.79 Å². The minimum absolute atomic E-state index is 0.0396. The van der Waals surface area contributed by atoms with E-state index in [1.54, 1.807) is 0 Å². The number of hydrogen-bond acceptors (Lipinski definition) is 2. The number of hydrogen-bond donors (Lipinski definition) is 1. The molecule has 0 aromatic heterocycles. The number of nitrogens with zero attached hydrogens (tertiary/aromatic N) is 1. The molecule has 0 aliphatic carbocycles. The van der Waals surface area contributed by atoms with Crippen molar-refractivity contribution in [2.24, 2.45) is 0 Å². The van der Waals surface area contributed by atoms with E-state index in [4.69, 9.17) is 0 Å². The Morgan fingerprint density at radius 1 is 1.00 bits per heavy atom. The molecule has 0 atom stereocenters. The summed E-state index contributed by atoms with van der Waals surface area (Å²) >= 11 is 0. The summed E-state index contributed by atoms with van der Waals surface area (Å²) in [5.74, 6) is -0.0396. The summed E-state index contributed by atoms with van der Waals surface area (Å²) in [6.45, 7) is 7.77. The maximum absolute atomic E-state index is 11.0. The topological polar surface area (TPSA) is 32.3 Å². The lowest BCUT2D eigenvalue weighted by Gasteiger charge is -2.18. The van der Waals surface area contributed by atoms with E-state index in [1.807, 2.05) is 12.1 Å². The van der Waals surface area contributed by atoms with Crippen LogP contribution in [0.4, 0.5) is 11.4 Å². The Labute approximate surface area is 125 Å². The van der Waals surface area contributed by atoms with E-state index < -0.39 is 0 Å². The molecule has 2 aromatic rings. The van der Waals surface area contributed by atoms with Crippen LogP contribution in [0.3, 0.4) is 0 Å². The van der Waals surface area contributed by atoms with Gasteiger partial charge in [0.2, 0.25) is 5.91 Å². The van der Waals surface area contributed by atoms with E-state index in [0.29, 0.717) is 0 Å². The van der Waals surface area contributed by atoms with Crippen LogP contribution in [0.1, 0.15) is 29.2 Å². The van der Waals surface area contributed by atoms with Gasteiger partial charge in [-0.05, 0) is 60.4 Å². The zero-order valence-electron chi connectivity index (χ0n) is 12.7. The third-order valence-electron chi connectivity index (χ3n) is 4.09. The summed E-state index contributed by atoms with van der Waals surface area (Å²) in [5.41, 5.74) is 7.59. The molecule has 3 heteroatoms. The SMILES string of the molecule is CC(=O)Nc1ccc(N2Cc3cc(C)c(C)cc3C2)cc1. The number of aryl methyl sites for hydroxylation is 2. The maximum atomic E-state index is 11.0. The fourth-order valence-electron chi connectivity index (χ4n) is 2.84. The van der Waals surface area contributed by atoms with Gasteiger partial charge in [-0.3, -0.25) is 4.79 Å². The van der Waals surface area contributed by atoms with Gasteiger partial charge in [-0.1, -0.05) is 12.1 Å². The summed E-state index contributed by atoms with van der Waals surface area (Å²) in [7, 11) is 0. The third kappa shape index (κ3) is 2.77. The smallest absolute Gasteiger partial charge is 0.221 e. The molecule has 0 spiro atoms. The molecular weight excluding hydrogens is 260 g/mol. The van der Waals surface area contributed by atoms with Crippen molar-refractivity contribution in [3.63, 3.8) is 0 Å². The minimum atomic E-state index is -0.0396. The molecule has 1 N–H and O–H groups in total. The van der Waals surface area contributed by atoms with Gasteiger partial charge in [0.1, 0.15) is 0 Å². The zero-order chi connectivity index (χ0) is 15.0. The fraction of sp³-hybridized carbons (Fsp3) is 0.278. The van der Waals surface area contributed by atoms with Crippen molar-refractivity contribution in [2.75, 3.05) is 10.2 Å². The predicted molar refractivity (Wildman–Crippen MR) is 86.5 cm³/mol. The average Bonchev–Trinajstić information content (AvgIpc) is 2.82.